The van der Waals surface area contributed by atoms with E-state index in [-0.39, 0.29) is 16.7 Å². The highest BCUT2D eigenvalue weighted by Gasteiger charge is 2.13. The van der Waals surface area contributed by atoms with Crippen molar-refractivity contribution < 1.29 is 17.6 Å². The first-order valence-corrected chi connectivity index (χ1v) is 9.04. The van der Waals surface area contributed by atoms with E-state index >= 15 is 0 Å². The number of aryl methyl sites for hydroxylation is 1. The molecule has 0 N–H and O–H groups in total. The van der Waals surface area contributed by atoms with Crippen molar-refractivity contribution in [3.8, 4) is 33.4 Å². The number of benzene rings is 4. The molecule has 0 heterocycles. The standard InChI is InChI=1S/C25H16F4/c1-15-2-4-16(5-3-15)17-6-9-20(23(27)12-17)18-7-10-21(24(28)13-18)19-8-11-22(26)25(29)14-19/h2-14H,1H3. The monoisotopic (exact) mass is 392 g/mol. The van der Waals surface area contributed by atoms with Crippen LogP contribution in [-0.2, 0) is 0 Å². The van der Waals surface area contributed by atoms with Gasteiger partial charge in [-0.3, -0.25) is 0 Å². The molecule has 0 spiro atoms. The Morgan fingerprint density at radius 1 is 0.414 bits per heavy atom. The lowest BCUT2D eigenvalue weighted by Gasteiger charge is -2.10. The summed E-state index contributed by atoms with van der Waals surface area (Å²) in [5, 5.41) is 0. The molecular weight excluding hydrogens is 376 g/mol. The van der Waals surface area contributed by atoms with Crippen LogP contribution in [0.1, 0.15) is 5.56 Å². The van der Waals surface area contributed by atoms with Crippen molar-refractivity contribution in [1.82, 2.24) is 0 Å². The highest BCUT2D eigenvalue weighted by molar-refractivity contribution is 5.74. The molecule has 4 rings (SSSR count). The zero-order valence-corrected chi connectivity index (χ0v) is 15.5. The number of hydrogen-bond acceptors (Lipinski definition) is 0. The zero-order valence-electron chi connectivity index (χ0n) is 15.5. The van der Waals surface area contributed by atoms with Gasteiger partial charge >= 0.3 is 0 Å². The first-order chi connectivity index (χ1) is 13.9. The van der Waals surface area contributed by atoms with E-state index in [1.807, 2.05) is 31.2 Å². The molecule has 29 heavy (non-hydrogen) atoms. The van der Waals surface area contributed by atoms with Gasteiger partial charge in [-0.25, -0.2) is 17.6 Å². The molecule has 0 radical (unpaired) electrons. The molecule has 0 aliphatic carbocycles. The topological polar surface area (TPSA) is 0 Å². The van der Waals surface area contributed by atoms with Crippen LogP contribution in [-0.4, -0.2) is 0 Å². The van der Waals surface area contributed by atoms with Crippen LogP contribution < -0.4 is 0 Å². The Bertz CT molecular complexity index is 1190. The van der Waals surface area contributed by atoms with E-state index in [0.717, 1.165) is 28.8 Å². The van der Waals surface area contributed by atoms with Gasteiger partial charge < -0.3 is 0 Å². The van der Waals surface area contributed by atoms with Gasteiger partial charge in [0.15, 0.2) is 11.6 Å². The van der Waals surface area contributed by atoms with E-state index in [2.05, 4.69) is 0 Å². The lowest BCUT2D eigenvalue weighted by molar-refractivity contribution is 0.509. The number of rotatable bonds is 3. The van der Waals surface area contributed by atoms with E-state index in [1.165, 1.54) is 24.3 Å². The van der Waals surface area contributed by atoms with Crippen molar-refractivity contribution in [2.45, 2.75) is 6.92 Å². The predicted molar refractivity (Wildman–Crippen MR) is 107 cm³/mol. The summed E-state index contributed by atoms with van der Waals surface area (Å²) in [6, 6.07) is 19.9. The van der Waals surface area contributed by atoms with Crippen LogP contribution in [0.4, 0.5) is 17.6 Å². The summed E-state index contributed by atoms with van der Waals surface area (Å²) in [6.07, 6.45) is 0. The van der Waals surface area contributed by atoms with Gasteiger partial charge in [-0.05, 0) is 53.4 Å². The Morgan fingerprint density at radius 3 is 1.41 bits per heavy atom. The molecule has 0 nitrogen and oxygen atoms in total. The Balaban J connectivity index is 1.69. The summed E-state index contributed by atoms with van der Waals surface area (Å²) in [4.78, 5) is 0. The van der Waals surface area contributed by atoms with Crippen LogP contribution in [0, 0.1) is 30.2 Å². The molecule has 0 amide bonds. The van der Waals surface area contributed by atoms with Crippen molar-refractivity contribution in [3.63, 3.8) is 0 Å². The van der Waals surface area contributed by atoms with Gasteiger partial charge in [-0.2, -0.15) is 0 Å². The fourth-order valence-electron chi connectivity index (χ4n) is 3.26. The first-order valence-electron chi connectivity index (χ1n) is 9.04. The van der Waals surface area contributed by atoms with Gasteiger partial charge in [-0.1, -0.05) is 60.2 Å². The van der Waals surface area contributed by atoms with E-state index in [4.69, 9.17) is 0 Å². The van der Waals surface area contributed by atoms with Crippen molar-refractivity contribution in [2.75, 3.05) is 0 Å². The highest BCUT2D eigenvalue weighted by Crippen LogP contribution is 2.32. The van der Waals surface area contributed by atoms with Crippen molar-refractivity contribution in [1.29, 1.82) is 0 Å². The van der Waals surface area contributed by atoms with Crippen LogP contribution in [0.25, 0.3) is 33.4 Å². The van der Waals surface area contributed by atoms with Gasteiger partial charge in [0, 0.05) is 11.1 Å². The lowest BCUT2D eigenvalue weighted by Crippen LogP contribution is -1.91. The Kier molecular flexibility index (Phi) is 4.93. The van der Waals surface area contributed by atoms with Gasteiger partial charge in [0.2, 0.25) is 0 Å². The van der Waals surface area contributed by atoms with Crippen molar-refractivity contribution >= 4 is 0 Å². The third-order valence-electron chi connectivity index (χ3n) is 4.86. The summed E-state index contributed by atoms with van der Waals surface area (Å²) in [5.41, 5.74) is 3.68. The number of hydrogen-bond donors (Lipinski definition) is 0. The molecule has 144 valence electrons. The molecule has 0 bridgehead atoms. The molecule has 0 saturated carbocycles. The molecule has 0 aliphatic rings. The Hall–Kier alpha value is -3.40. The van der Waals surface area contributed by atoms with Crippen LogP contribution in [0.15, 0.2) is 78.9 Å². The fraction of sp³-hybridized carbons (Fsp3) is 0.0400. The minimum absolute atomic E-state index is 0.115. The van der Waals surface area contributed by atoms with E-state index < -0.39 is 23.3 Å². The molecular formula is C25H16F4. The summed E-state index contributed by atoms with van der Waals surface area (Å²) >= 11 is 0. The summed E-state index contributed by atoms with van der Waals surface area (Å²) in [6.45, 7) is 1.98. The first kappa shape index (κ1) is 18.9. The van der Waals surface area contributed by atoms with Crippen molar-refractivity contribution in [3.05, 3.63) is 108 Å². The smallest absolute Gasteiger partial charge is 0.159 e. The maximum atomic E-state index is 14.7. The van der Waals surface area contributed by atoms with Crippen LogP contribution in [0.5, 0.6) is 0 Å². The second kappa shape index (κ2) is 7.55. The van der Waals surface area contributed by atoms with Crippen molar-refractivity contribution in [2.24, 2.45) is 0 Å². The molecule has 4 heteroatoms. The summed E-state index contributed by atoms with van der Waals surface area (Å²) < 4.78 is 55.9. The fourth-order valence-corrected chi connectivity index (χ4v) is 3.26. The average Bonchev–Trinajstić information content (AvgIpc) is 2.70. The predicted octanol–water partition coefficient (Wildman–Crippen LogP) is 7.55. The van der Waals surface area contributed by atoms with E-state index in [0.29, 0.717) is 5.56 Å². The highest BCUT2D eigenvalue weighted by atomic mass is 19.2. The quantitative estimate of drug-likeness (QED) is 0.316. The molecule has 4 aromatic rings. The van der Waals surface area contributed by atoms with Crippen LogP contribution >= 0.6 is 0 Å². The molecule has 4 aromatic carbocycles. The lowest BCUT2D eigenvalue weighted by atomic mass is 9.97. The minimum atomic E-state index is -1.05. The molecule has 0 atom stereocenters. The Morgan fingerprint density at radius 2 is 0.862 bits per heavy atom. The maximum absolute atomic E-state index is 14.7. The molecule has 0 aromatic heterocycles. The van der Waals surface area contributed by atoms with Gasteiger partial charge in [0.25, 0.3) is 0 Å². The van der Waals surface area contributed by atoms with Crippen LogP contribution in [0.2, 0.25) is 0 Å². The molecule has 0 unspecified atom stereocenters. The SMILES string of the molecule is Cc1ccc(-c2ccc(-c3ccc(-c4ccc(F)c(F)c4)c(F)c3)c(F)c2)cc1. The van der Waals surface area contributed by atoms with E-state index in [1.54, 1.807) is 18.2 Å². The van der Waals surface area contributed by atoms with E-state index in [9.17, 15) is 17.6 Å². The summed E-state index contributed by atoms with van der Waals surface area (Å²) in [5.74, 6) is -3.16. The van der Waals surface area contributed by atoms with Gasteiger partial charge in [0.1, 0.15) is 11.6 Å². The average molecular weight is 392 g/mol. The van der Waals surface area contributed by atoms with Crippen LogP contribution in [0.3, 0.4) is 0 Å². The second-order valence-corrected chi connectivity index (χ2v) is 6.88. The zero-order chi connectivity index (χ0) is 20.5. The second-order valence-electron chi connectivity index (χ2n) is 6.88. The number of halogens is 4. The molecule has 0 fully saturated rings. The van der Waals surface area contributed by atoms with Gasteiger partial charge in [-0.15, -0.1) is 0 Å². The maximum Gasteiger partial charge on any atom is 0.159 e. The Labute approximate surface area is 166 Å². The normalized spacial score (nSPS) is 10.9. The molecule has 0 aliphatic heterocycles. The third-order valence-corrected chi connectivity index (χ3v) is 4.86. The molecule has 0 saturated heterocycles. The largest absolute Gasteiger partial charge is 0.206 e. The minimum Gasteiger partial charge on any atom is -0.206 e. The summed E-state index contributed by atoms with van der Waals surface area (Å²) in [7, 11) is 0. The van der Waals surface area contributed by atoms with Gasteiger partial charge in [0.05, 0.1) is 0 Å². The third kappa shape index (κ3) is 3.79.